The van der Waals surface area contributed by atoms with Crippen LogP contribution in [0.1, 0.15) is 5.69 Å². The first-order chi connectivity index (χ1) is 7.26. The molecule has 3 heterocycles. The molecule has 1 spiro atoms. The summed E-state index contributed by atoms with van der Waals surface area (Å²) in [6.07, 6.45) is 1.72. The van der Waals surface area contributed by atoms with Gasteiger partial charge in [0.1, 0.15) is 0 Å². The predicted molar refractivity (Wildman–Crippen MR) is 57.2 cm³/mol. The zero-order chi connectivity index (χ0) is 10.3. The van der Waals surface area contributed by atoms with Crippen LogP contribution in [0.25, 0.3) is 0 Å². The van der Waals surface area contributed by atoms with Crippen LogP contribution in [0.4, 0.5) is 5.69 Å². The van der Waals surface area contributed by atoms with Gasteiger partial charge in [0.15, 0.2) is 0 Å². The predicted octanol–water partition coefficient (Wildman–Crippen LogP) is 0.496. The molecule has 15 heavy (non-hydrogen) atoms. The van der Waals surface area contributed by atoms with Gasteiger partial charge in [-0.3, -0.25) is 9.88 Å². The van der Waals surface area contributed by atoms with Gasteiger partial charge >= 0.3 is 0 Å². The molecule has 0 saturated carbocycles. The van der Waals surface area contributed by atoms with Gasteiger partial charge < -0.3 is 10.5 Å². The molecule has 0 unspecified atom stereocenters. The Hall–Kier alpha value is -1.13. The Labute approximate surface area is 89.0 Å². The summed E-state index contributed by atoms with van der Waals surface area (Å²) in [5.74, 6) is 0. The van der Waals surface area contributed by atoms with Gasteiger partial charge in [-0.05, 0) is 12.1 Å². The first-order valence-electron chi connectivity index (χ1n) is 5.26. The van der Waals surface area contributed by atoms with Crippen molar-refractivity contribution in [2.45, 2.75) is 6.54 Å². The van der Waals surface area contributed by atoms with E-state index in [0.29, 0.717) is 5.41 Å². The van der Waals surface area contributed by atoms with Gasteiger partial charge in [-0.1, -0.05) is 0 Å². The van der Waals surface area contributed by atoms with E-state index >= 15 is 0 Å². The summed E-state index contributed by atoms with van der Waals surface area (Å²) in [7, 11) is 0. The largest absolute Gasteiger partial charge is 0.397 e. The fourth-order valence-corrected chi connectivity index (χ4v) is 2.35. The third kappa shape index (κ3) is 1.60. The maximum Gasteiger partial charge on any atom is 0.0569 e. The summed E-state index contributed by atoms with van der Waals surface area (Å²) in [6.45, 7) is 5.12. The van der Waals surface area contributed by atoms with E-state index in [2.05, 4.69) is 9.88 Å². The zero-order valence-corrected chi connectivity index (χ0v) is 8.65. The molecule has 2 saturated heterocycles. The van der Waals surface area contributed by atoms with Crippen LogP contribution >= 0.6 is 0 Å². The van der Waals surface area contributed by atoms with Gasteiger partial charge in [0.25, 0.3) is 0 Å². The molecule has 0 radical (unpaired) electrons. The number of pyridine rings is 1. The van der Waals surface area contributed by atoms with Gasteiger partial charge in [0.2, 0.25) is 0 Å². The maximum absolute atomic E-state index is 5.59. The van der Waals surface area contributed by atoms with E-state index in [1.165, 1.54) is 0 Å². The number of nitrogens with zero attached hydrogens (tertiary/aromatic N) is 2. The third-order valence-electron chi connectivity index (χ3n) is 3.17. The highest BCUT2D eigenvalue weighted by molar-refractivity contribution is 5.34. The van der Waals surface area contributed by atoms with Crippen LogP contribution in [-0.4, -0.2) is 36.2 Å². The number of hydrogen-bond acceptors (Lipinski definition) is 4. The number of nitrogen functional groups attached to an aromatic ring is 1. The number of ether oxygens (including phenoxy) is 1. The molecule has 3 rings (SSSR count). The van der Waals surface area contributed by atoms with Gasteiger partial charge in [0.05, 0.1) is 30.8 Å². The van der Waals surface area contributed by atoms with Crippen LogP contribution < -0.4 is 5.73 Å². The number of hydrogen-bond donors (Lipinski definition) is 1. The van der Waals surface area contributed by atoms with E-state index in [-0.39, 0.29) is 0 Å². The molecule has 0 bridgehead atoms. The molecule has 2 aliphatic heterocycles. The Bertz CT molecular complexity index is 351. The van der Waals surface area contributed by atoms with Gasteiger partial charge in [-0.2, -0.15) is 0 Å². The van der Waals surface area contributed by atoms with E-state index in [1.54, 1.807) is 6.20 Å². The van der Waals surface area contributed by atoms with E-state index in [0.717, 1.165) is 44.2 Å². The number of aromatic nitrogens is 1. The van der Waals surface area contributed by atoms with Crippen molar-refractivity contribution in [3.8, 4) is 0 Å². The monoisotopic (exact) mass is 205 g/mol. The van der Waals surface area contributed by atoms with E-state index < -0.39 is 0 Å². The highest BCUT2D eigenvalue weighted by Gasteiger charge is 2.48. The minimum Gasteiger partial charge on any atom is -0.397 e. The fourth-order valence-electron chi connectivity index (χ4n) is 2.35. The second kappa shape index (κ2) is 3.18. The Morgan fingerprint density at radius 1 is 1.40 bits per heavy atom. The minimum absolute atomic E-state index is 0.494. The maximum atomic E-state index is 5.59. The average molecular weight is 205 g/mol. The molecular weight excluding hydrogens is 190 g/mol. The first-order valence-corrected chi connectivity index (χ1v) is 5.26. The average Bonchev–Trinajstić information content (AvgIpc) is 2.10. The molecule has 1 aromatic heterocycles. The van der Waals surface area contributed by atoms with Crippen LogP contribution in [0.15, 0.2) is 18.3 Å². The van der Waals surface area contributed by atoms with E-state index in [4.69, 9.17) is 10.5 Å². The normalized spacial score (nSPS) is 23.5. The molecule has 0 atom stereocenters. The Morgan fingerprint density at radius 2 is 2.20 bits per heavy atom. The lowest BCUT2D eigenvalue weighted by atomic mass is 9.78. The Balaban J connectivity index is 1.56. The molecule has 2 N–H and O–H groups in total. The molecule has 1 aromatic rings. The SMILES string of the molecule is Nc1ccc(CN2CC3(COC3)C2)nc1. The van der Waals surface area contributed by atoms with Crippen LogP contribution in [0.3, 0.4) is 0 Å². The number of nitrogens with two attached hydrogens (primary N) is 1. The molecule has 2 aliphatic rings. The Morgan fingerprint density at radius 3 is 2.73 bits per heavy atom. The number of anilines is 1. The van der Waals surface area contributed by atoms with Crippen molar-refractivity contribution in [2.75, 3.05) is 32.0 Å². The molecule has 80 valence electrons. The lowest BCUT2D eigenvalue weighted by Crippen LogP contribution is -2.65. The van der Waals surface area contributed by atoms with E-state index in [9.17, 15) is 0 Å². The number of likely N-dealkylation sites (tertiary alicyclic amines) is 1. The summed E-state index contributed by atoms with van der Waals surface area (Å²) in [5, 5.41) is 0. The second-order valence-corrected chi connectivity index (χ2v) is 4.72. The lowest BCUT2D eigenvalue weighted by Gasteiger charge is -2.55. The summed E-state index contributed by atoms with van der Waals surface area (Å²) in [4.78, 5) is 6.70. The Kier molecular flexibility index (Phi) is 1.94. The summed E-state index contributed by atoms with van der Waals surface area (Å²) in [6, 6.07) is 3.90. The highest BCUT2D eigenvalue weighted by Crippen LogP contribution is 2.37. The van der Waals surface area contributed by atoms with Gasteiger partial charge in [0, 0.05) is 25.0 Å². The lowest BCUT2D eigenvalue weighted by molar-refractivity contribution is -0.191. The summed E-state index contributed by atoms with van der Waals surface area (Å²) < 4.78 is 5.24. The van der Waals surface area contributed by atoms with Crippen LogP contribution in [-0.2, 0) is 11.3 Å². The second-order valence-electron chi connectivity index (χ2n) is 4.72. The van der Waals surface area contributed by atoms with Crippen molar-refractivity contribution in [1.82, 2.24) is 9.88 Å². The van der Waals surface area contributed by atoms with E-state index in [1.807, 2.05) is 12.1 Å². The van der Waals surface area contributed by atoms with Crippen LogP contribution in [0.5, 0.6) is 0 Å². The number of rotatable bonds is 2. The quantitative estimate of drug-likeness (QED) is 0.763. The molecule has 0 aliphatic carbocycles. The molecule has 4 nitrogen and oxygen atoms in total. The standard InChI is InChI=1S/C11H15N3O/c12-9-1-2-10(13-3-9)4-14-5-11(6-14)7-15-8-11/h1-3H,4-8,12H2. The summed E-state index contributed by atoms with van der Waals surface area (Å²) >= 11 is 0. The highest BCUT2D eigenvalue weighted by atomic mass is 16.5. The first kappa shape index (κ1) is 9.12. The minimum atomic E-state index is 0.494. The fraction of sp³-hybridized carbons (Fsp3) is 0.545. The van der Waals surface area contributed by atoms with Gasteiger partial charge in [-0.25, -0.2) is 0 Å². The molecule has 0 amide bonds. The van der Waals surface area contributed by atoms with Crippen LogP contribution in [0.2, 0.25) is 0 Å². The summed E-state index contributed by atoms with van der Waals surface area (Å²) in [5.41, 5.74) is 7.90. The molecule has 2 fully saturated rings. The molecule has 4 heteroatoms. The smallest absolute Gasteiger partial charge is 0.0569 e. The van der Waals surface area contributed by atoms with Crippen molar-refractivity contribution < 1.29 is 4.74 Å². The third-order valence-corrected chi connectivity index (χ3v) is 3.17. The van der Waals surface area contributed by atoms with Crippen LogP contribution in [0, 0.1) is 5.41 Å². The van der Waals surface area contributed by atoms with Crippen molar-refractivity contribution in [3.05, 3.63) is 24.0 Å². The topological polar surface area (TPSA) is 51.4 Å². The molecule has 0 aromatic carbocycles. The van der Waals surface area contributed by atoms with Crippen molar-refractivity contribution in [3.63, 3.8) is 0 Å². The van der Waals surface area contributed by atoms with Crippen molar-refractivity contribution in [2.24, 2.45) is 5.41 Å². The van der Waals surface area contributed by atoms with Crippen molar-refractivity contribution >= 4 is 5.69 Å². The molecular formula is C11H15N3O. The zero-order valence-electron chi connectivity index (χ0n) is 8.65. The van der Waals surface area contributed by atoms with Crippen molar-refractivity contribution in [1.29, 1.82) is 0 Å². The van der Waals surface area contributed by atoms with Gasteiger partial charge in [-0.15, -0.1) is 0 Å².